The Kier molecular flexibility index (Phi) is 6.79. The molecule has 1 heterocycles. The molecule has 0 saturated carbocycles. The van der Waals surface area contributed by atoms with Gasteiger partial charge in [-0.05, 0) is 37.1 Å². The van der Waals surface area contributed by atoms with Crippen LogP contribution in [0.15, 0.2) is 58.6 Å². The van der Waals surface area contributed by atoms with E-state index in [1.807, 2.05) is 32.0 Å². The molecule has 1 amide bonds. The minimum atomic E-state index is -0.266. The van der Waals surface area contributed by atoms with E-state index in [0.29, 0.717) is 17.2 Å². The number of nitrogens with zero attached hydrogens (tertiary/aromatic N) is 2. The topological polar surface area (TPSA) is 82.5 Å². The first-order valence-corrected chi connectivity index (χ1v) is 10.2. The number of anilines is 1. The number of nitrogens with one attached hydrogen (secondary N) is 1. The van der Waals surface area contributed by atoms with Crippen LogP contribution >= 0.6 is 11.8 Å². The summed E-state index contributed by atoms with van der Waals surface area (Å²) in [5, 5.41) is 3.04. The molecule has 0 radical (unpaired) electrons. The van der Waals surface area contributed by atoms with E-state index in [2.05, 4.69) is 10.3 Å². The first kappa shape index (κ1) is 21.4. The summed E-state index contributed by atoms with van der Waals surface area (Å²) in [6.07, 6.45) is 3.18. The van der Waals surface area contributed by atoms with Crippen molar-refractivity contribution in [2.45, 2.75) is 18.9 Å². The van der Waals surface area contributed by atoms with Gasteiger partial charge >= 0.3 is 0 Å². The van der Waals surface area contributed by atoms with Crippen LogP contribution in [0.5, 0.6) is 11.5 Å². The number of hydrogen-bond acceptors (Lipinski definition) is 6. The maximum absolute atomic E-state index is 12.8. The summed E-state index contributed by atoms with van der Waals surface area (Å²) in [5.41, 5.74) is 3.30. The molecule has 0 atom stereocenters. The van der Waals surface area contributed by atoms with Crippen LogP contribution in [0.25, 0.3) is 5.69 Å². The number of ether oxygens (including phenoxy) is 2. The lowest BCUT2D eigenvalue weighted by Gasteiger charge is -2.10. The standard InChI is InChI=1S/C22H23N3O4S/c1-14-5-6-17(9-15(14)2)25-8-7-23-21(22(25)27)30-13-20(26)24-16-10-18(28-3)12-19(11-16)29-4/h5-12H,13H2,1-4H3,(H,24,26). The molecule has 30 heavy (non-hydrogen) atoms. The van der Waals surface area contributed by atoms with Gasteiger partial charge in [0.25, 0.3) is 5.56 Å². The van der Waals surface area contributed by atoms with Gasteiger partial charge in [0.1, 0.15) is 11.5 Å². The van der Waals surface area contributed by atoms with Crippen molar-refractivity contribution in [2.24, 2.45) is 0 Å². The lowest BCUT2D eigenvalue weighted by atomic mass is 10.1. The van der Waals surface area contributed by atoms with Crippen molar-refractivity contribution in [3.05, 3.63) is 70.3 Å². The molecule has 0 unspecified atom stereocenters. The molecular weight excluding hydrogens is 402 g/mol. The minimum Gasteiger partial charge on any atom is -0.497 e. The van der Waals surface area contributed by atoms with Gasteiger partial charge in [-0.2, -0.15) is 0 Å². The second-order valence-electron chi connectivity index (χ2n) is 6.61. The average Bonchev–Trinajstić information content (AvgIpc) is 2.74. The van der Waals surface area contributed by atoms with Gasteiger partial charge in [-0.3, -0.25) is 14.2 Å². The summed E-state index contributed by atoms with van der Waals surface area (Å²) in [6, 6.07) is 10.9. The highest BCUT2D eigenvalue weighted by molar-refractivity contribution is 7.99. The maximum Gasteiger partial charge on any atom is 0.287 e. The molecule has 2 aromatic carbocycles. The molecule has 1 N–H and O–H groups in total. The quantitative estimate of drug-likeness (QED) is 0.583. The number of hydrogen-bond donors (Lipinski definition) is 1. The lowest BCUT2D eigenvalue weighted by Crippen LogP contribution is -2.22. The SMILES string of the molecule is COc1cc(NC(=O)CSc2nccn(-c3ccc(C)c(C)c3)c2=O)cc(OC)c1. The van der Waals surface area contributed by atoms with Crippen LogP contribution in [0.3, 0.4) is 0 Å². The zero-order valence-electron chi connectivity index (χ0n) is 17.3. The van der Waals surface area contributed by atoms with Gasteiger partial charge in [-0.15, -0.1) is 0 Å². The summed E-state index contributed by atoms with van der Waals surface area (Å²) in [4.78, 5) is 29.3. The highest BCUT2D eigenvalue weighted by atomic mass is 32.2. The van der Waals surface area contributed by atoms with Crippen LogP contribution in [0, 0.1) is 13.8 Å². The van der Waals surface area contributed by atoms with Crippen molar-refractivity contribution in [1.29, 1.82) is 0 Å². The first-order valence-electron chi connectivity index (χ1n) is 9.22. The third kappa shape index (κ3) is 5.01. The van der Waals surface area contributed by atoms with Crippen molar-refractivity contribution in [3.63, 3.8) is 0 Å². The molecule has 0 aliphatic heterocycles. The normalized spacial score (nSPS) is 10.5. The first-order chi connectivity index (χ1) is 14.4. The van der Waals surface area contributed by atoms with E-state index in [9.17, 15) is 9.59 Å². The Balaban J connectivity index is 1.72. The molecule has 0 aliphatic rings. The lowest BCUT2D eigenvalue weighted by molar-refractivity contribution is -0.113. The van der Waals surface area contributed by atoms with E-state index in [4.69, 9.17) is 9.47 Å². The molecule has 0 aliphatic carbocycles. The number of carbonyl (C=O) groups is 1. The Morgan fingerprint density at radius 2 is 1.77 bits per heavy atom. The summed E-state index contributed by atoms with van der Waals surface area (Å²) in [6.45, 7) is 4.02. The van der Waals surface area contributed by atoms with Gasteiger partial charge in [-0.25, -0.2) is 4.98 Å². The number of aryl methyl sites for hydroxylation is 2. The zero-order valence-corrected chi connectivity index (χ0v) is 18.1. The second-order valence-corrected chi connectivity index (χ2v) is 7.58. The van der Waals surface area contributed by atoms with Crippen LogP contribution in [0.4, 0.5) is 5.69 Å². The molecular formula is C22H23N3O4S. The fourth-order valence-electron chi connectivity index (χ4n) is 2.78. The number of benzene rings is 2. The monoisotopic (exact) mass is 425 g/mol. The Labute approximate surface area is 179 Å². The number of methoxy groups -OCH3 is 2. The van der Waals surface area contributed by atoms with Crippen molar-refractivity contribution in [2.75, 3.05) is 25.3 Å². The Morgan fingerprint density at radius 3 is 2.40 bits per heavy atom. The highest BCUT2D eigenvalue weighted by Crippen LogP contribution is 2.26. The van der Waals surface area contributed by atoms with Gasteiger partial charge in [0.05, 0.1) is 20.0 Å². The highest BCUT2D eigenvalue weighted by Gasteiger charge is 2.12. The van der Waals surface area contributed by atoms with E-state index in [-0.39, 0.29) is 22.2 Å². The molecule has 7 nitrogen and oxygen atoms in total. The smallest absolute Gasteiger partial charge is 0.287 e. The average molecular weight is 426 g/mol. The van der Waals surface area contributed by atoms with Crippen LogP contribution in [0.2, 0.25) is 0 Å². The number of amides is 1. The molecule has 0 saturated heterocycles. The van der Waals surface area contributed by atoms with Gasteiger partial charge < -0.3 is 14.8 Å². The third-order valence-corrected chi connectivity index (χ3v) is 5.51. The number of carbonyl (C=O) groups excluding carboxylic acids is 1. The van der Waals surface area contributed by atoms with Crippen LogP contribution in [-0.2, 0) is 4.79 Å². The van der Waals surface area contributed by atoms with Gasteiger partial charge in [0, 0.05) is 42.0 Å². The second kappa shape index (κ2) is 9.49. The van der Waals surface area contributed by atoms with Crippen molar-refractivity contribution < 1.29 is 14.3 Å². The molecule has 8 heteroatoms. The third-order valence-electron chi connectivity index (χ3n) is 4.55. The molecule has 1 aromatic heterocycles. The Bertz CT molecular complexity index is 1110. The predicted molar refractivity (Wildman–Crippen MR) is 118 cm³/mol. The van der Waals surface area contributed by atoms with Crippen LogP contribution in [0.1, 0.15) is 11.1 Å². The van der Waals surface area contributed by atoms with E-state index >= 15 is 0 Å². The predicted octanol–water partition coefficient (Wildman–Crippen LogP) is 3.60. The Morgan fingerprint density at radius 1 is 1.07 bits per heavy atom. The number of thioether (sulfide) groups is 1. The molecule has 0 spiro atoms. The molecule has 3 rings (SSSR count). The number of rotatable bonds is 7. The molecule has 0 bridgehead atoms. The fraction of sp³-hybridized carbons (Fsp3) is 0.227. The van der Waals surface area contributed by atoms with Crippen molar-refractivity contribution in [3.8, 4) is 17.2 Å². The van der Waals surface area contributed by atoms with Gasteiger partial charge in [-0.1, -0.05) is 17.8 Å². The largest absolute Gasteiger partial charge is 0.497 e. The minimum absolute atomic E-state index is 0.0404. The van der Waals surface area contributed by atoms with Crippen molar-refractivity contribution >= 4 is 23.4 Å². The number of aromatic nitrogens is 2. The van der Waals surface area contributed by atoms with E-state index < -0.39 is 0 Å². The molecule has 156 valence electrons. The summed E-state index contributed by atoms with van der Waals surface area (Å²) in [5.74, 6) is 0.910. The van der Waals surface area contributed by atoms with Gasteiger partial charge in [0.2, 0.25) is 5.91 Å². The maximum atomic E-state index is 12.8. The molecule has 0 fully saturated rings. The fourth-order valence-corrected chi connectivity index (χ4v) is 3.48. The van der Waals surface area contributed by atoms with E-state index in [1.165, 1.54) is 18.8 Å². The van der Waals surface area contributed by atoms with Gasteiger partial charge in [0.15, 0.2) is 5.03 Å². The summed E-state index contributed by atoms with van der Waals surface area (Å²) < 4.78 is 11.9. The zero-order chi connectivity index (χ0) is 21.7. The molecule has 3 aromatic rings. The van der Waals surface area contributed by atoms with Crippen molar-refractivity contribution in [1.82, 2.24) is 9.55 Å². The van der Waals surface area contributed by atoms with Crippen LogP contribution < -0.4 is 20.3 Å². The van der Waals surface area contributed by atoms with Crippen LogP contribution in [-0.4, -0.2) is 35.4 Å². The Hall–Kier alpha value is -3.26. The summed E-state index contributed by atoms with van der Waals surface area (Å²) >= 11 is 1.09. The summed E-state index contributed by atoms with van der Waals surface area (Å²) in [7, 11) is 3.08. The van der Waals surface area contributed by atoms with E-state index in [1.54, 1.807) is 30.6 Å². The van der Waals surface area contributed by atoms with E-state index in [0.717, 1.165) is 28.6 Å².